The quantitative estimate of drug-likeness (QED) is 0.577. The third kappa shape index (κ3) is 1.94. The molecule has 0 unspecified atom stereocenters. The lowest BCUT2D eigenvalue weighted by Crippen LogP contribution is -1.89. The first-order valence-corrected chi connectivity index (χ1v) is 2.69. The van der Waals surface area contributed by atoms with Gasteiger partial charge in [-0.05, 0) is 18.2 Å². The third-order valence-electron chi connectivity index (χ3n) is 1.13. The molecular weight excluding hydrogens is 143 g/mol. The fourth-order valence-corrected chi connectivity index (χ4v) is 0.597. The van der Waals surface area contributed by atoms with Crippen molar-refractivity contribution in [3.63, 3.8) is 0 Å². The zero-order valence-electron chi connectivity index (χ0n) is 5.13. The van der Waals surface area contributed by atoms with Crippen molar-refractivity contribution in [1.29, 1.82) is 5.26 Å². The molecule has 1 aromatic carbocycles. The maximum Gasteiger partial charge on any atom is 0.147 e. The molecule has 0 atom stereocenters. The number of anilines is 1. The van der Waals surface area contributed by atoms with E-state index in [9.17, 15) is 4.39 Å². The highest BCUT2D eigenvalue weighted by Gasteiger charge is 1.97. The molecule has 2 nitrogen and oxygen atoms in total. The molecule has 0 bridgehead atoms. The van der Waals surface area contributed by atoms with Crippen LogP contribution in [-0.4, -0.2) is 0 Å². The summed E-state index contributed by atoms with van der Waals surface area (Å²) < 4.78 is 12.5. The predicted molar refractivity (Wildman–Crippen MR) is 42.3 cm³/mol. The molecule has 0 aliphatic heterocycles. The van der Waals surface area contributed by atoms with E-state index in [1.54, 1.807) is 6.07 Å². The highest BCUT2D eigenvalue weighted by Crippen LogP contribution is 2.10. The van der Waals surface area contributed by atoms with E-state index in [2.05, 4.69) is 0 Å². The first kappa shape index (κ1) is 9.44. The van der Waals surface area contributed by atoms with Crippen LogP contribution in [0.1, 0.15) is 13.0 Å². The molecule has 0 fully saturated rings. The van der Waals surface area contributed by atoms with E-state index in [0.717, 1.165) is 6.07 Å². The van der Waals surface area contributed by atoms with Crippen LogP contribution >= 0.6 is 0 Å². The molecule has 0 spiro atoms. The maximum atomic E-state index is 12.5. The molecule has 0 saturated heterocycles. The molecule has 0 saturated carbocycles. The van der Waals surface area contributed by atoms with Crippen molar-refractivity contribution in [2.24, 2.45) is 0 Å². The average molecular weight is 152 g/mol. The minimum absolute atomic E-state index is 0. The number of halogens is 1. The molecule has 2 N–H and O–H groups in total. The summed E-state index contributed by atoms with van der Waals surface area (Å²) in [5.74, 6) is -0.543. The predicted octanol–water partition coefficient (Wildman–Crippen LogP) is 1.92. The summed E-state index contributed by atoms with van der Waals surface area (Å²) in [6.45, 7) is 0. The number of nitriles is 1. The van der Waals surface area contributed by atoms with Crippen molar-refractivity contribution >= 4 is 5.69 Å². The largest absolute Gasteiger partial charge is 0.396 e. The number of benzene rings is 1. The molecule has 0 aliphatic carbocycles. The van der Waals surface area contributed by atoms with Gasteiger partial charge in [0, 0.05) is 0 Å². The highest BCUT2D eigenvalue weighted by atomic mass is 19.1. The van der Waals surface area contributed by atoms with Crippen molar-refractivity contribution in [2.75, 3.05) is 5.73 Å². The Morgan fingerprint density at radius 3 is 2.55 bits per heavy atom. The van der Waals surface area contributed by atoms with Crippen molar-refractivity contribution in [3.05, 3.63) is 29.6 Å². The smallest absolute Gasteiger partial charge is 0.147 e. The molecule has 11 heavy (non-hydrogen) atoms. The minimum atomic E-state index is -0.543. The van der Waals surface area contributed by atoms with Crippen LogP contribution in [0.25, 0.3) is 0 Å². The first-order chi connectivity index (χ1) is 4.74. The van der Waals surface area contributed by atoms with Crippen molar-refractivity contribution in [1.82, 2.24) is 0 Å². The lowest BCUT2D eigenvalue weighted by atomic mass is 10.2. The van der Waals surface area contributed by atoms with E-state index in [1.165, 1.54) is 12.1 Å². The second-order valence-corrected chi connectivity index (χ2v) is 1.85. The SMILES string of the molecule is C.N#Cc1ccc(N)c(F)c1. The van der Waals surface area contributed by atoms with Crippen LogP contribution in [-0.2, 0) is 0 Å². The Kier molecular flexibility index (Phi) is 3.06. The van der Waals surface area contributed by atoms with E-state index in [4.69, 9.17) is 11.0 Å². The van der Waals surface area contributed by atoms with Gasteiger partial charge in [0.2, 0.25) is 0 Å². The molecule has 3 heteroatoms. The molecule has 0 aliphatic rings. The Bertz CT molecular complexity index is 289. The van der Waals surface area contributed by atoms with Gasteiger partial charge in [0.15, 0.2) is 0 Å². The summed E-state index contributed by atoms with van der Waals surface area (Å²) in [7, 11) is 0. The Labute approximate surface area is 65.1 Å². The number of hydrogen-bond donors (Lipinski definition) is 1. The van der Waals surface area contributed by atoms with Crippen molar-refractivity contribution in [2.45, 2.75) is 7.43 Å². The van der Waals surface area contributed by atoms with E-state index in [-0.39, 0.29) is 18.7 Å². The number of nitrogens with zero attached hydrogens (tertiary/aromatic N) is 1. The molecular formula is C8H9FN2. The summed E-state index contributed by atoms with van der Waals surface area (Å²) in [6, 6.07) is 5.75. The van der Waals surface area contributed by atoms with E-state index < -0.39 is 5.82 Å². The lowest BCUT2D eigenvalue weighted by Gasteiger charge is -1.93. The lowest BCUT2D eigenvalue weighted by molar-refractivity contribution is 0.632. The Balaban J connectivity index is 0.000001000. The van der Waals surface area contributed by atoms with Crippen molar-refractivity contribution < 1.29 is 4.39 Å². The molecule has 58 valence electrons. The fraction of sp³-hybridized carbons (Fsp3) is 0.125. The topological polar surface area (TPSA) is 49.8 Å². The monoisotopic (exact) mass is 152 g/mol. The normalized spacial score (nSPS) is 8.00. The van der Waals surface area contributed by atoms with Gasteiger partial charge in [-0.1, -0.05) is 7.43 Å². The standard InChI is InChI=1S/C7H5FN2.CH4/c8-6-3-5(4-9)1-2-7(6)10;/h1-3H,10H2;1H4. The van der Waals surface area contributed by atoms with Crippen LogP contribution in [0, 0.1) is 17.1 Å². The second-order valence-electron chi connectivity index (χ2n) is 1.85. The van der Waals surface area contributed by atoms with Crippen LogP contribution in [0.5, 0.6) is 0 Å². The van der Waals surface area contributed by atoms with E-state index in [1.807, 2.05) is 0 Å². The summed E-state index contributed by atoms with van der Waals surface area (Å²) in [4.78, 5) is 0. The van der Waals surface area contributed by atoms with Crippen LogP contribution in [0.15, 0.2) is 18.2 Å². The number of hydrogen-bond acceptors (Lipinski definition) is 2. The van der Waals surface area contributed by atoms with Gasteiger partial charge in [-0.3, -0.25) is 0 Å². The molecule has 0 radical (unpaired) electrons. The van der Waals surface area contributed by atoms with Crippen molar-refractivity contribution in [3.8, 4) is 6.07 Å². The Hall–Kier alpha value is -1.56. The molecule has 0 amide bonds. The summed E-state index contributed by atoms with van der Waals surface area (Å²) in [6.07, 6.45) is 0. The van der Waals surface area contributed by atoms with E-state index >= 15 is 0 Å². The second kappa shape index (κ2) is 3.57. The van der Waals surface area contributed by atoms with Gasteiger partial charge >= 0.3 is 0 Å². The van der Waals surface area contributed by atoms with Crippen LogP contribution in [0.3, 0.4) is 0 Å². The Morgan fingerprint density at radius 1 is 1.45 bits per heavy atom. The Morgan fingerprint density at radius 2 is 2.09 bits per heavy atom. The van der Waals surface area contributed by atoms with Gasteiger partial charge in [-0.25, -0.2) is 4.39 Å². The summed E-state index contributed by atoms with van der Waals surface area (Å²) >= 11 is 0. The molecule has 1 rings (SSSR count). The van der Waals surface area contributed by atoms with E-state index in [0.29, 0.717) is 0 Å². The molecule has 1 aromatic rings. The zero-order chi connectivity index (χ0) is 7.56. The van der Waals surface area contributed by atoms with Crippen LogP contribution in [0.4, 0.5) is 10.1 Å². The number of nitrogens with two attached hydrogens (primary N) is 1. The van der Waals surface area contributed by atoms with Gasteiger partial charge < -0.3 is 5.73 Å². The summed E-state index contributed by atoms with van der Waals surface area (Å²) in [5, 5.41) is 8.30. The number of rotatable bonds is 0. The van der Waals surface area contributed by atoms with Gasteiger partial charge in [0.05, 0.1) is 17.3 Å². The average Bonchev–Trinajstić information content (AvgIpc) is 1.95. The minimum Gasteiger partial charge on any atom is -0.396 e. The van der Waals surface area contributed by atoms with Gasteiger partial charge in [-0.15, -0.1) is 0 Å². The molecule has 0 heterocycles. The van der Waals surface area contributed by atoms with Crippen LogP contribution in [0.2, 0.25) is 0 Å². The molecule has 0 aromatic heterocycles. The van der Waals surface area contributed by atoms with Crippen LogP contribution < -0.4 is 5.73 Å². The van der Waals surface area contributed by atoms with Gasteiger partial charge in [0.25, 0.3) is 0 Å². The third-order valence-corrected chi connectivity index (χ3v) is 1.13. The summed E-state index contributed by atoms with van der Waals surface area (Å²) in [5.41, 5.74) is 5.51. The highest BCUT2D eigenvalue weighted by molar-refractivity contribution is 5.44. The maximum absolute atomic E-state index is 12.5. The fourth-order valence-electron chi connectivity index (χ4n) is 0.597. The van der Waals surface area contributed by atoms with Gasteiger partial charge in [0.1, 0.15) is 5.82 Å². The van der Waals surface area contributed by atoms with Gasteiger partial charge in [-0.2, -0.15) is 5.26 Å². The number of nitrogen functional groups attached to an aromatic ring is 1. The first-order valence-electron chi connectivity index (χ1n) is 2.69. The zero-order valence-corrected chi connectivity index (χ0v) is 5.13.